The van der Waals surface area contributed by atoms with Gasteiger partial charge in [-0.15, -0.1) is 0 Å². The second-order valence-electron chi connectivity index (χ2n) is 8.66. The molecule has 2 aromatic rings. The summed E-state index contributed by atoms with van der Waals surface area (Å²) in [5, 5.41) is 0. The zero-order valence-electron chi connectivity index (χ0n) is 17.7. The minimum Gasteiger partial charge on any atom is -0.490 e. The van der Waals surface area contributed by atoms with Gasteiger partial charge in [-0.05, 0) is 50.1 Å². The van der Waals surface area contributed by atoms with Gasteiger partial charge in [0.15, 0.2) is 0 Å². The maximum atomic E-state index is 13.7. The van der Waals surface area contributed by atoms with Crippen LogP contribution in [-0.2, 0) is 15.1 Å². The number of carbonyl (C=O) groups excluding carboxylic acids is 1. The van der Waals surface area contributed by atoms with Crippen LogP contribution in [-0.4, -0.2) is 49.1 Å². The fraction of sp³-hybridized carbons (Fsp3) is 0.458. The van der Waals surface area contributed by atoms with Crippen LogP contribution < -0.4 is 4.74 Å². The van der Waals surface area contributed by atoms with E-state index in [1.807, 2.05) is 30.0 Å². The largest absolute Gasteiger partial charge is 0.490 e. The molecule has 2 aromatic carbocycles. The summed E-state index contributed by atoms with van der Waals surface area (Å²) >= 11 is 0. The summed E-state index contributed by atoms with van der Waals surface area (Å²) < 4.78 is 31.2. The average Bonchev–Trinajstić information content (AvgIpc) is 3.16. The van der Waals surface area contributed by atoms with E-state index in [-0.39, 0.29) is 25.4 Å². The second kappa shape index (κ2) is 8.00. The molecule has 160 valence electrons. The number of alkyl halides is 1. The molecule has 2 fully saturated rings. The first-order chi connectivity index (χ1) is 14.3. The van der Waals surface area contributed by atoms with E-state index >= 15 is 0 Å². The molecular formula is C24H28FNO4. The summed E-state index contributed by atoms with van der Waals surface area (Å²) in [6.45, 7) is 6.07. The Morgan fingerprint density at radius 1 is 1.27 bits per heavy atom. The number of hydrogen-bond acceptors (Lipinski definition) is 4. The first-order valence-electron chi connectivity index (χ1n) is 10.3. The van der Waals surface area contributed by atoms with Gasteiger partial charge in [-0.2, -0.15) is 0 Å². The van der Waals surface area contributed by atoms with Crippen LogP contribution in [0.15, 0.2) is 48.5 Å². The van der Waals surface area contributed by atoms with E-state index in [1.54, 1.807) is 18.2 Å². The summed E-state index contributed by atoms with van der Waals surface area (Å²) in [6.07, 6.45) is 0.479. The van der Waals surface area contributed by atoms with Gasteiger partial charge in [0, 0.05) is 18.5 Å². The topological polar surface area (TPSA) is 48.0 Å². The summed E-state index contributed by atoms with van der Waals surface area (Å²) in [5.74, 6) is 0.541. The van der Waals surface area contributed by atoms with E-state index in [1.165, 1.54) is 13.8 Å². The van der Waals surface area contributed by atoms with Gasteiger partial charge in [-0.25, -0.2) is 4.39 Å². The highest BCUT2D eigenvalue weighted by molar-refractivity contribution is 5.94. The van der Waals surface area contributed by atoms with Crippen LogP contribution in [0.25, 0.3) is 0 Å². The summed E-state index contributed by atoms with van der Waals surface area (Å²) in [5.41, 5.74) is 0.577. The number of piperidine rings is 1. The molecule has 2 aliphatic heterocycles. The number of hydrogen-bond donors (Lipinski definition) is 0. The van der Waals surface area contributed by atoms with Crippen molar-refractivity contribution in [2.45, 2.75) is 44.6 Å². The molecule has 2 aliphatic rings. The Bertz CT molecular complexity index is 911. The van der Waals surface area contributed by atoms with Gasteiger partial charge >= 0.3 is 0 Å². The predicted molar refractivity (Wildman–Crippen MR) is 111 cm³/mol. The Morgan fingerprint density at radius 2 is 2.03 bits per heavy atom. The van der Waals surface area contributed by atoms with Crippen LogP contribution in [0.3, 0.4) is 0 Å². The van der Waals surface area contributed by atoms with Crippen LogP contribution in [0.4, 0.5) is 4.39 Å². The quantitative estimate of drug-likeness (QED) is 0.736. The Labute approximate surface area is 176 Å². The number of benzene rings is 2. The van der Waals surface area contributed by atoms with Crippen molar-refractivity contribution in [3.63, 3.8) is 0 Å². The molecule has 0 N–H and O–H groups in total. The fourth-order valence-electron chi connectivity index (χ4n) is 4.17. The lowest BCUT2D eigenvalue weighted by Gasteiger charge is -2.42. The number of halogens is 1. The molecule has 0 radical (unpaired) electrons. The Morgan fingerprint density at radius 3 is 2.73 bits per heavy atom. The maximum absolute atomic E-state index is 13.7. The maximum Gasteiger partial charge on any atom is 0.253 e. The molecule has 2 heterocycles. The smallest absolute Gasteiger partial charge is 0.253 e. The Hall–Kier alpha value is -2.44. The zero-order chi connectivity index (χ0) is 21.4. The number of fused-ring (bicyclic) bond motifs is 1. The van der Waals surface area contributed by atoms with Gasteiger partial charge in [0.25, 0.3) is 5.91 Å². The highest BCUT2D eigenvalue weighted by Gasteiger charge is 2.51. The molecule has 4 rings (SSSR count). The number of carbonyl (C=O) groups is 1. The molecule has 1 amide bonds. The second-order valence-corrected chi connectivity index (χ2v) is 8.66. The van der Waals surface area contributed by atoms with Gasteiger partial charge in [-0.3, -0.25) is 4.79 Å². The predicted octanol–water partition coefficient (Wildman–Crippen LogP) is 4.24. The van der Waals surface area contributed by atoms with E-state index in [9.17, 15) is 9.18 Å². The third-order valence-corrected chi connectivity index (χ3v) is 5.79. The van der Waals surface area contributed by atoms with Crippen LogP contribution in [0.1, 0.15) is 41.8 Å². The summed E-state index contributed by atoms with van der Waals surface area (Å²) in [4.78, 5) is 15.0. The third kappa shape index (κ3) is 4.07. The van der Waals surface area contributed by atoms with Crippen LogP contribution in [0, 0.1) is 6.92 Å². The fourth-order valence-corrected chi connectivity index (χ4v) is 4.17. The van der Waals surface area contributed by atoms with Gasteiger partial charge in [0.1, 0.15) is 36.5 Å². The molecule has 1 unspecified atom stereocenters. The SMILES string of the molecule is Cc1cc(C(=O)N2CC[C@]3(c4ccccc4)OCOC3C2)ccc1OCC(C)(C)F. The standard InChI is InChI=1S/C24H28FNO4/c1-17-13-18(9-10-20(17)28-15-23(2,3)25)22(27)26-12-11-24(19-7-5-4-6-8-19)21(14-26)29-16-30-24/h4-10,13,21H,11-12,14-16H2,1-3H3/t21?,24-/m1/s1. The molecule has 0 aliphatic carbocycles. The van der Waals surface area contributed by atoms with Crippen LogP contribution in [0.2, 0.25) is 0 Å². The number of nitrogens with zero attached hydrogens (tertiary/aromatic N) is 1. The highest BCUT2D eigenvalue weighted by atomic mass is 19.1. The average molecular weight is 413 g/mol. The van der Waals surface area contributed by atoms with E-state index < -0.39 is 11.3 Å². The lowest BCUT2D eigenvalue weighted by molar-refractivity contribution is -0.0439. The number of ether oxygens (including phenoxy) is 3. The molecule has 2 saturated heterocycles. The van der Waals surface area contributed by atoms with Crippen molar-refractivity contribution >= 4 is 5.91 Å². The van der Waals surface area contributed by atoms with Crippen molar-refractivity contribution in [1.82, 2.24) is 4.90 Å². The van der Waals surface area contributed by atoms with Gasteiger partial charge in [0.05, 0.1) is 6.54 Å². The van der Waals surface area contributed by atoms with Crippen molar-refractivity contribution in [2.24, 2.45) is 0 Å². The van der Waals surface area contributed by atoms with Crippen LogP contribution >= 0.6 is 0 Å². The number of rotatable bonds is 5. The van der Waals surface area contributed by atoms with Crippen molar-refractivity contribution in [3.05, 3.63) is 65.2 Å². The molecule has 30 heavy (non-hydrogen) atoms. The van der Waals surface area contributed by atoms with E-state index in [0.717, 1.165) is 11.1 Å². The first-order valence-corrected chi connectivity index (χ1v) is 10.3. The van der Waals surface area contributed by atoms with Gasteiger partial charge in [0.2, 0.25) is 0 Å². The monoisotopic (exact) mass is 413 g/mol. The van der Waals surface area contributed by atoms with Crippen molar-refractivity contribution in [2.75, 3.05) is 26.5 Å². The normalized spacial score (nSPS) is 23.9. The zero-order valence-corrected chi connectivity index (χ0v) is 17.7. The molecule has 0 bridgehead atoms. The van der Waals surface area contributed by atoms with Crippen LogP contribution in [0.5, 0.6) is 5.75 Å². The molecular weight excluding hydrogens is 385 g/mol. The number of amides is 1. The van der Waals surface area contributed by atoms with E-state index in [0.29, 0.717) is 30.8 Å². The Kier molecular flexibility index (Phi) is 5.55. The minimum absolute atomic E-state index is 0.0339. The summed E-state index contributed by atoms with van der Waals surface area (Å²) in [7, 11) is 0. The molecule has 2 atom stereocenters. The van der Waals surface area contributed by atoms with E-state index in [2.05, 4.69) is 12.1 Å². The molecule has 6 heteroatoms. The lowest BCUT2D eigenvalue weighted by atomic mass is 9.82. The number of aryl methyl sites for hydroxylation is 1. The molecule has 0 spiro atoms. The Balaban J connectivity index is 1.47. The van der Waals surface area contributed by atoms with Gasteiger partial charge in [-0.1, -0.05) is 30.3 Å². The molecule has 5 nitrogen and oxygen atoms in total. The summed E-state index contributed by atoms with van der Waals surface area (Å²) in [6, 6.07) is 15.4. The third-order valence-electron chi connectivity index (χ3n) is 5.79. The minimum atomic E-state index is -1.41. The van der Waals surface area contributed by atoms with Crippen molar-refractivity contribution in [3.8, 4) is 5.75 Å². The lowest BCUT2D eigenvalue weighted by Crippen LogP contribution is -2.53. The van der Waals surface area contributed by atoms with Gasteiger partial charge < -0.3 is 19.1 Å². The molecule has 0 aromatic heterocycles. The first kappa shape index (κ1) is 20.8. The van der Waals surface area contributed by atoms with Crippen molar-refractivity contribution in [1.29, 1.82) is 0 Å². The van der Waals surface area contributed by atoms with E-state index in [4.69, 9.17) is 14.2 Å². The number of likely N-dealkylation sites (tertiary alicyclic amines) is 1. The van der Waals surface area contributed by atoms with Crippen molar-refractivity contribution < 1.29 is 23.4 Å². The molecule has 0 saturated carbocycles. The highest BCUT2D eigenvalue weighted by Crippen LogP contribution is 2.42.